The molecule has 2 heterocycles. The van der Waals surface area contributed by atoms with Gasteiger partial charge in [0.15, 0.2) is 0 Å². The minimum absolute atomic E-state index is 0.210. The van der Waals surface area contributed by atoms with E-state index >= 15 is 0 Å². The van der Waals surface area contributed by atoms with E-state index in [1.54, 1.807) is 11.3 Å². The molecule has 0 bridgehead atoms. The number of nitrogens with one attached hydrogen (secondary N) is 1. The molecular formula is C15H14N2O2S2. The molecule has 3 rings (SSSR count). The standard InChI is InChI=1S/C15H14N2O2S2/c1-2-3-4-9-5-6-10-11(7-9)20-13(16-10)8-12-14(18)17-15(19)21-12/h2-3,5-7,12H,4,8H2,1H3,(H,17,18,19)/b3-2-. The maximum atomic E-state index is 11.6. The van der Waals surface area contributed by atoms with Crippen LogP contribution in [0.15, 0.2) is 30.4 Å². The molecule has 1 fully saturated rings. The minimum atomic E-state index is -0.347. The Morgan fingerprint density at radius 2 is 2.24 bits per heavy atom. The third-order valence-electron chi connectivity index (χ3n) is 3.21. The maximum Gasteiger partial charge on any atom is 0.286 e. The van der Waals surface area contributed by atoms with Crippen LogP contribution in [0.4, 0.5) is 4.79 Å². The molecule has 1 atom stereocenters. The van der Waals surface area contributed by atoms with Crippen LogP contribution in [0.25, 0.3) is 10.2 Å². The fourth-order valence-corrected chi connectivity index (χ4v) is 4.18. The molecule has 1 aromatic heterocycles. The Kier molecular flexibility index (Phi) is 4.07. The summed E-state index contributed by atoms with van der Waals surface area (Å²) in [5.74, 6) is -0.210. The number of thioether (sulfide) groups is 1. The number of fused-ring (bicyclic) bond motifs is 1. The summed E-state index contributed by atoms with van der Waals surface area (Å²) in [5.41, 5.74) is 2.20. The molecule has 108 valence electrons. The SMILES string of the molecule is C/C=C\Cc1ccc2nc(CC3SC(=O)NC3=O)sc2c1. The lowest BCUT2D eigenvalue weighted by molar-refractivity contribution is -0.118. The molecule has 1 saturated heterocycles. The number of aromatic nitrogens is 1. The molecule has 21 heavy (non-hydrogen) atoms. The van der Waals surface area contributed by atoms with Crippen LogP contribution >= 0.6 is 23.1 Å². The van der Waals surface area contributed by atoms with Gasteiger partial charge in [-0.05, 0) is 31.0 Å². The largest absolute Gasteiger partial charge is 0.286 e. The van der Waals surface area contributed by atoms with Crippen LogP contribution in [0.2, 0.25) is 0 Å². The zero-order valence-corrected chi connectivity index (χ0v) is 13.1. The van der Waals surface area contributed by atoms with Crippen molar-refractivity contribution in [3.63, 3.8) is 0 Å². The average Bonchev–Trinajstić information content (AvgIpc) is 2.99. The Morgan fingerprint density at radius 3 is 2.95 bits per heavy atom. The highest BCUT2D eigenvalue weighted by atomic mass is 32.2. The van der Waals surface area contributed by atoms with E-state index in [0.29, 0.717) is 6.42 Å². The van der Waals surface area contributed by atoms with Gasteiger partial charge in [0.25, 0.3) is 5.24 Å². The second kappa shape index (κ2) is 5.99. The summed E-state index contributed by atoms with van der Waals surface area (Å²) in [5, 5.41) is 2.60. The Balaban J connectivity index is 1.80. The van der Waals surface area contributed by atoms with Gasteiger partial charge in [-0.2, -0.15) is 0 Å². The molecule has 1 aliphatic heterocycles. The van der Waals surface area contributed by atoms with Gasteiger partial charge >= 0.3 is 0 Å². The van der Waals surface area contributed by atoms with Crippen LogP contribution in [-0.2, 0) is 17.6 Å². The molecular weight excluding hydrogens is 304 g/mol. The van der Waals surface area contributed by atoms with Gasteiger partial charge < -0.3 is 0 Å². The van der Waals surface area contributed by atoms with E-state index in [4.69, 9.17) is 0 Å². The van der Waals surface area contributed by atoms with Gasteiger partial charge in [-0.15, -0.1) is 11.3 Å². The number of allylic oxidation sites excluding steroid dienone is 2. The predicted octanol–water partition coefficient (Wildman–Crippen LogP) is 3.31. The van der Waals surface area contributed by atoms with Crippen molar-refractivity contribution in [3.8, 4) is 0 Å². The zero-order chi connectivity index (χ0) is 14.8. The second-order valence-electron chi connectivity index (χ2n) is 4.77. The lowest BCUT2D eigenvalue weighted by Gasteiger charge is -1.99. The molecule has 6 heteroatoms. The van der Waals surface area contributed by atoms with Crippen molar-refractivity contribution < 1.29 is 9.59 Å². The normalized spacial score (nSPS) is 18.8. The van der Waals surface area contributed by atoms with Crippen LogP contribution in [0, 0.1) is 0 Å². The predicted molar refractivity (Wildman–Crippen MR) is 86.8 cm³/mol. The van der Waals surface area contributed by atoms with Crippen molar-refractivity contribution in [1.29, 1.82) is 0 Å². The van der Waals surface area contributed by atoms with Crippen molar-refractivity contribution in [2.24, 2.45) is 0 Å². The van der Waals surface area contributed by atoms with E-state index in [1.807, 2.05) is 19.1 Å². The van der Waals surface area contributed by atoms with Crippen molar-refractivity contribution in [2.75, 3.05) is 0 Å². The van der Waals surface area contributed by atoms with Crippen molar-refractivity contribution >= 4 is 44.5 Å². The molecule has 4 nitrogen and oxygen atoms in total. The number of thiazole rings is 1. The molecule has 0 aliphatic carbocycles. The van der Waals surface area contributed by atoms with E-state index in [9.17, 15) is 9.59 Å². The highest BCUT2D eigenvalue weighted by Crippen LogP contribution is 2.28. The van der Waals surface area contributed by atoms with Gasteiger partial charge in [0, 0.05) is 6.42 Å². The minimum Gasteiger partial charge on any atom is -0.286 e. The van der Waals surface area contributed by atoms with Gasteiger partial charge in [0.1, 0.15) is 0 Å². The third kappa shape index (κ3) is 3.16. The molecule has 0 spiro atoms. The lowest BCUT2D eigenvalue weighted by atomic mass is 10.1. The molecule has 1 aliphatic rings. The summed E-state index contributed by atoms with van der Waals surface area (Å²) in [6, 6.07) is 6.23. The van der Waals surface area contributed by atoms with E-state index in [0.717, 1.165) is 33.4 Å². The first-order chi connectivity index (χ1) is 10.2. The van der Waals surface area contributed by atoms with Crippen LogP contribution in [0.1, 0.15) is 17.5 Å². The first-order valence-electron chi connectivity index (χ1n) is 6.66. The number of carbonyl (C=O) groups excluding carboxylic acids is 2. The number of hydrogen-bond donors (Lipinski definition) is 1. The van der Waals surface area contributed by atoms with Gasteiger partial charge in [0.05, 0.1) is 20.5 Å². The summed E-state index contributed by atoms with van der Waals surface area (Å²) in [6.45, 7) is 2.01. The molecule has 2 amide bonds. The van der Waals surface area contributed by atoms with Gasteiger partial charge in [-0.1, -0.05) is 30.0 Å². The van der Waals surface area contributed by atoms with Crippen molar-refractivity contribution in [1.82, 2.24) is 10.3 Å². The molecule has 0 radical (unpaired) electrons. The molecule has 1 aromatic carbocycles. The van der Waals surface area contributed by atoms with Crippen LogP contribution in [0.3, 0.4) is 0 Å². The van der Waals surface area contributed by atoms with E-state index in [2.05, 4.69) is 28.5 Å². The lowest BCUT2D eigenvalue weighted by Crippen LogP contribution is -2.25. The Labute approximate surface area is 130 Å². The number of carbonyl (C=O) groups is 2. The summed E-state index contributed by atoms with van der Waals surface area (Å²) in [6.07, 6.45) is 5.57. The summed E-state index contributed by atoms with van der Waals surface area (Å²) in [7, 11) is 0. The van der Waals surface area contributed by atoms with E-state index < -0.39 is 0 Å². The number of benzene rings is 1. The maximum absolute atomic E-state index is 11.6. The Morgan fingerprint density at radius 1 is 1.38 bits per heavy atom. The number of amides is 2. The first kappa shape index (κ1) is 14.3. The summed E-state index contributed by atoms with van der Waals surface area (Å²) in [4.78, 5) is 27.3. The van der Waals surface area contributed by atoms with Gasteiger partial charge in [0.2, 0.25) is 5.91 Å². The first-order valence-corrected chi connectivity index (χ1v) is 8.36. The number of rotatable bonds is 4. The average molecular weight is 318 g/mol. The Hall–Kier alpha value is -1.66. The van der Waals surface area contributed by atoms with Crippen LogP contribution < -0.4 is 5.32 Å². The van der Waals surface area contributed by atoms with Crippen molar-refractivity contribution in [2.45, 2.75) is 25.0 Å². The zero-order valence-electron chi connectivity index (χ0n) is 11.5. The fraction of sp³-hybridized carbons (Fsp3) is 0.267. The molecule has 2 aromatic rings. The molecule has 1 unspecified atom stereocenters. The quantitative estimate of drug-likeness (QED) is 0.879. The third-order valence-corrected chi connectivity index (χ3v) is 5.24. The topological polar surface area (TPSA) is 59.1 Å². The van der Waals surface area contributed by atoms with Gasteiger partial charge in [-0.25, -0.2) is 4.98 Å². The number of imide groups is 1. The molecule has 0 saturated carbocycles. The summed E-state index contributed by atoms with van der Waals surface area (Å²) < 4.78 is 1.13. The monoisotopic (exact) mass is 318 g/mol. The van der Waals surface area contributed by atoms with Gasteiger partial charge in [-0.3, -0.25) is 14.9 Å². The highest BCUT2D eigenvalue weighted by molar-refractivity contribution is 8.15. The van der Waals surface area contributed by atoms with Crippen LogP contribution in [0.5, 0.6) is 0 Å². The number of nitrogens with zero attached hydrogens (tertiary/aromatic N) is 1. The van der Waals surface area contributed by atoms with E-state index in [1.165, 1.54) is 5.56 Å². The number of hydrogen-bond acceptors (Lipinski definition) is 5. The Bertz CT molecular complexity index is 736. The fourth-order valence-electron chi connectivity index (χ4n) is 2.17. The molecule has 1 N–H and O–H groups in total. The summed E-state index contributed by atoms with van der Waals surface area (Å²) >= 11 is 2.65. The van der Waals surface area contributed by atoms with Crippen LogP contribution in [-0.4, -0.2) is 21.4 Å². The second-order valence-corrected chi connectivity index (χ2v) is 7.06. The van der Waals surface area contributed by atoms with Crippen molar-refractivity contribution in [3.05, 3.63) is 40.9 Å². The van der Waals surface area contributed by atoms with E-state index in [-0.39, 0.29) is 16.4 Å². The highest BCUT2D eigenvalue weighted by Gasteiger charge is 2.32. The smallest absolute Gasteiger partial charge is 0.286 e.